The molecular weight excluding hydrogens is 480 g/mol. The first kappa shape index (κ1) is 30.8. The van der Waals surface area contributed by atoms with Crippen molar-refractivity contribution in [3.63, 3.8) is 0 Å². The van der Waals surface area contributed by atoms with Crippen LogP contribution in [0.4, 0.5) is 5.69 Å². The quantitative estimate of drug-likeness (QED) is 0.228. The number of hydrogen-bond acceptors (Lipinski definition) is 4. The molecule has 0 spiro atoms. The van der Waals surface area contributed by atoms with Gasteiger partial charge < -0.3 is 9.15 Å². The Balaban J connectivity index is 0.000000281. The number of aryl methyl sites for hydroxylation is 1. The molecule has 1 aliphatic rings. The van der Waals surface area contributed by atoms with Crippen molar-refractivity contribution >= 4 is 23.0 Å². The smallest absolute Gasteiger partial charge is 0.226 e. The van der Waals surface area contributed by atoms with E-state index in [0.29, 0.717) is 16.7 Å². The maximum Gasteiger partial charge on any atom is 0.226 e. The molecule has 0 bridgehead atoms. The van der Waals surface area contributed by atoms with E-state index in [1.165, 1.54) is 32.1 Å². The summed E-state index contributed by atoms with van der Waals surface area (Å²) in [6, 6.07) is 13.5. The van der Waals surface area contributed by atoms with E-state index < -0.39 is 0 Å². The number of rotatable bonds is 7. The molecule has 1 heterocycles. The number of aromatic nitrogens is 1. The minimum absolute atomic E-state index is 0.583. The second-order valence-corrected chi connectivity index (χ2v) is 10.4. The first-order valence-electron chi connectivity index (χ1n) is 13.8. The SMILES string of the molecule is CC(C)=Nc1cc(-c2ncc(-c3ccc(Cl)cc3)o2)ccc1C.CC1CCCCC1.CCCOCCC. The molecule has 0 atom stereocenters. The molecule has 4 nitrogen and oxygen atoms in total. The second-order valence-electron chi connectivity index (χ2n) is 9.95. The monoisotopic (exact) mass is 524 g/mol. The summed E-state index contributed by atoms with van der Waals surface area (Å²) >= 11 is 5.92. The molecule has 3 aromatic rings. The van der Waals surface area contributed by atoms with Crippen molar-refractivity contribution in [1.29, 1.82) is 0 Å². The molecule has 1 aromatic heterocycles. The molecule has 1 aliphatic carbocycles. The zero-order chi connectivity index (χ0) is 27.0. The molecule has 202 valence electrons. The van der Waals surface area contributed by atoms with Crippen LogP contribution in [0.2, 0.25) is 5.02 Å². The largest absolute Gasteiger partial charge is 0.436 e. The zero-order valence-corrected chi connectivity index (χ0v) is 24.4. The van der Waals surface area contributed by atoms with Gasteiger partial charge in [-0.1, -0.05) is 70.5 Å². The van der Waals surface area contributed by atoms with Crippen molar-refractivity contribution in [2.75, 3.05) is 13.2 Å². The third-order valence-corrected chi connectivity index (χ3v) is 6.28. The summed E-state index contributed by atoms with van der Waals surface area (Å²) in [5.41, 5.74) is 4.94. The third kappa shape index (κ3) is 11.7. The average Bonchev–Trinajstić information content (AvgIpc) is 3.38. The van der Waals surface area contributed by atoms with Crippen LogP contribution in [0.5, 0.6) is 0 Å². The molecule has 1 fully saturated rings. The van der Waals surface area contributed by atoms with E-state index in [4.69, 9.17) is 20.8 Å². The van der Waals surface area contributed by atoms with Gasteiger partial charge in [0, 0.05) is 35.1 Å². The number of halogens is 1. The van der Waals surface area contributed by atoms with Crippen LogP contribution in [-0.4, -0.2) is 23.9 Å². The van der Waals surface area contributed by atoms with Crippen molar-refractivity contribution in [3.05, 3.63) is 59.2 Å². The van der Waals surface area contributed by atoms with E-state index >= 15 is 0 Å². The van der Waals surface area contributed by atoms with Gasteiger partial charge in [-0.05, 0) is 81.5 Å². The van der Waals surface area contributed by atoms with E-state index in [0.717, 1.165) is 60.1 Å². The molecule has 0 N–H and O–H groups in total. The van der Waals surface area contributed by atoms with E-state index in [1.807, 2.05) is 63.2 Å². The number of benzene rings is 2. The molecule has 0 aliphatic heterocycles. The van der Waals surface area contributed by atoms with Crippen LogP contribution in [0.3, 0.4) is 0 Å². The lowest BCUT2D eigenvalue weighted by atomic mass is 9.91. The standard InChI is InChI=1S/C19H17ClN2O.C7H14.C6H14O/c1-12(2)22-17-10-15(5-4-13(17)3)19-21-11-18(23-19)14-6-8-16(20)9-7-14;1-7-5-3-2-4-6-7;1-3-5-7-6-4-2/h4-11H,1-3H3;7H,2-6H2,1H3;3-6H2,1-2H3. The predicted molar refractivity (Wildman–Crippen MR) is 159 cm³/mol. The van der Waals surface area contributed by atoms with E-state index in [9.17, 15) is 0 Å². The molecule has 5 heteroatoms. The maximum absolute atomic E-state index is 5.92. The van der Waals surface area contributed by atoms with Gasteiger partial charge in [-0.3, -0.25) is 4.99 Å². The van der Waals surface area contributed by atoms with Crippen molar-refractivity contribution in [2.24, 2.45) is 10.9 Å². The van der Waals surface area contributed by atoms with Gasteiger partial charge in [0.15, 0.2) is 5.76 Å². The van der Waals surface area contributed by atoms with Crippen LogP contribution in [0.25, 0.3) is 22.8 Å². The minimum Gasteiger partial charge on any atom is -0.436 e. The topological polar surface area (TPSA) is 47.6 Å². The van der Waals surface area contributed by atoms with Crippen molar-refractivity contribution < 1.29 is 9.15 Å². The second kappa shape index (κ2) is 17.1. The number of ether oxygens (including phenoxy) is 1. The van der Waals surface area contributed by atoms with Crippen LogP contribution in [0, 0.1) is 12.8 Å². The molecule has 4 rings (SSSR count). The maximum atomic E-state index is 5.92. The fraction of sp³-hybridized carbons (Fsp3) is 0.500. The molecule has 0 amide bonds. The number of aliphatic imine (C=N–C) groups is 1. The van der Waals surface area contributed by atoms with Gasteiger partial charge in [0.05, 0.1) is 11.9 Å². The van der Waals surface area contributed by atoms with Crippen molar-refractivity contribution in [1.82, 2.24) is 4.98 Å². The first-order chi connectivity index (χ1) is 17.8. The lowest BCUT2D eigenvalue weighted by Gasteiger charge is -2.15. The van der Waals surface area contributed by atoms with Gasteiger partial charge >= 0.3 is 0 Å². The van der Waals surface area contributed by atoms with E-state index in [-0.39, 0.29) is 0 Å². The Bertz CT molecular complexity index is 1060. The molecule has 2 aromatic carbocycles. The number of oxazole rings is 1. The highest BCUT2D eigenvalue weighted by Gasteiger charge is 2.10. The summed E-state index contributed by atoms with van der Waals surface area (Å²) in [6.45, 7) is 14.5. The van der Waals surface area contributed by atoms with Crippen LogP contribution in [-0.2, 0) is 4.74 Å². The Morgan fingerprint density at radius 2 is 1.59 bits per heavy atom. The highest BCUT2D eigenvalue weighted by Crippen LogP contribution is 2.30. The Morgan fingerprint density at radius 1 is 0.973 bits per heavy atom. The van der Waals surface area contributed by atoms with Gasteiger partial charge in [0.1, 0.15) is 0 Å². The predicted octanol–water partition coefficient (Wildman–Crippen LogP) is 10.5. The molecule has 37 heavy (non-hydrogen) atoms. The molecule has 0 unspecified atom stereocenters. The summed E-state index contributed by atoms with van der Waals surface area (Å²) in [7, 11) is 0. The van der Waals surface area contributed by atoms with E-state index in [2.05, 4.69) is 30.7 Å². The van der Waals surface area contributed by atoms with Gasteiger partial charge in [0.25, 0.3) is 0 Å². The fourth-order valence-corrected chi connectivity index (χ4v) is 4.08. The normalized spacial score (nSPS) is 13.2. The Kier molecular flexibility index (Phi) is 14.3. The Labute approximate surface area is 229 Å². The first-order valence-corrected chi connectivity index (χ1v) is 14.1. The van der Waals surface area contributed by atoms with Crippen molar-refractivity contribution in [2.45, 2.75) is 86.5 Å². The summed E-state index contributed by atoms with van der Waals surface area (Å²) in [5, 5.41) is 0.699. The minimum atomic E-state index is 0.583. The molecule has 0 saturated heterocycles. The van der Waals surface area contributed by atoms with Crippen LogP contribution in [0.15, 0.2) is 58.1 Å². The molecule has 1 saturated carbocycles. The van der Waals surface area contributed by atoms with Crippen LogP contribution in [0.1, 0.15) is 85.1 Å². The summed E-state index contributed by atoms with van der Waals surface area (Å²) in [5.74, 6) is 2.34. The summed E-state index contributed by atoms with van der Waals surface area (Å²) in [4.78, 5) is 8.94. The highest BCUT2D eigenvalue weighted by molar-refractivity contribution is 6.30. The summed E-state index contributed by atoms with van der Waals surface area (Å²) < 4.78 is 11.0. The van der Waals surface area contributed by atoms with Crippen LogP contribution >= 0.6 is 11.6 Å². The third-order valence-electron chi connectivity index (χ3n) is 6.03. The Hall–Kier alpha value is -2.43. The average molecular weight is 525 g/mol. The number of nitrogens with zero attached hydrogens (tertiary/aromatic N) is 2. The van der Waals surface area contributed by atoms with Gasteiger partial charge in [0.2, 0.25) is 5.89 Å². The highest BCUT2D eigenvalue weighted by atomic mass is 35.5. The zero-order valence-electron chi connectivity index (χ0n) is 23.6. The van der Waals surface area contributed by atoms with Gasteiger partial charge in [-0.15, -0.1) is 0 Å². The fourth-order valence-electron chi connectivity index (χ4n) is 3.96. The number of hydrogen-bond donors (Lipinski definition) is 0. The Morgan fingerprint density at radius 3 is 2.14 bits per heavy atom. The lowest BCUT2D eigenvalue weighted by Crippen LogP contribution is -1.99. The lowest BCUT2D eigenvalue weighted by molar-refractivity contribution is 0.135. The van der Waals surface area contributed by atoms with E-state index in [1.54, 1.807) is 6.20 Å². The van der Waals surface area contributed by atoms with Gasteiger partial charge in [-0.25, -0.2) is 4.98 Å². The molecular formula is C32H45ClN2O2. The summed E-state index contributed by atoms with van der Waals surface area (Å²) in [6.07, 6.45) is 11.4. The van der Waals surface area contributed by atoms with Gasteiger partial charge in [-0.2, -0.15) is 0 Å². The molecule has 0 radical (unpaired) electrons. The van der Waals surface area contributed by atoms with Crippen LogP contribution < -0.4 is 0 Å². The van der Waals surface area contributed by atoms with Crippen molar-refractivity contribution in [3.8, 4) is 22.8 Å².